The van der Waals surface area contributed by atoms with Crippen molar-refractivity contribution in [2.24, 2.45) is 5.92 Å². The van der Waals surface area contributed by atoms with Crippen LogP contribution in [0.25, 0.3) is 0 Å². The molecule has 1 aliphatic heterocycles. The zero-order valence-electron chi connectivity index (χ0n) is 7.68. The van der Waals surface area contributed by atoms with Gasteiger partial charge in [-0.25, -0.2) is 0 Å². The lowest BCUT2D eigenvalue weighted by Crippen LogP contribution is -2.21. The summed E-state index contributed by atoms with van der Waals surface area (Å²) < 4.78 is 0. The Morgan fingerprint density at radius 1 is 1.55 bits per heavy atom. The molecule has 0 aliphatic carbocycles. The average Bonchev–Trinajstić information content (AvgIpc) is 2.37. The molecule has 0 spiro atoms. The van der Waals surface area contributed by atoms with Crippen LogP contribution in [0.3, 0.4) is 0 Å². The molecule has 0 radical (unpaired) electrons. The van der Waals surface area contributed by atoms with E-state index in [9.17, 15) is 0 Å². The highest BCUT2D eigenvalue weighted by molar-refractivity contribution is 7.98. The Morgan fingerprint density at radius 2 is 2.36 bits per heavy atom. The van der Waals surface area contributed by atoms with E-state index in [0.717, 1.165) is 5.92 Å². The Bertz CT molecular complexity index is 106. The van der Waals surface area contributed by atoms with Gasteiger partial charge in [-0.3, -0.25) is 0 Å². The van der Waals surface area contributed by atoms with E-state index in [1.165, 1.54) is 38.2 Å². The predicted octanol–water partition coefficient (Wildman–Crippen LogP) is 2.08. The molecular formula is C9H19NS. The fourth-order valence-electron chi connectivity index (χ4n) is 1.66. The lowest BCUT2D eigenvalue weighted by atomic mass is 10.2. The van der Waals surface area contributed by atoms with Crippen molar-refractivity contribution in [3.05, 3.63) is 0 Å². The summed E-state index contributed by atoms with van der Waals surface area (Å²) in [6, 6.07) is 0. The molecule has 1 atom stereocenters. The molecule has 1 heterocycles. The first-order chi connectivity index (χ1) is 5.33. The summed E-state index contributed by atoms with van der Waals surface area (Å²) in [6.07, 6.45) is 4.97. The van der Waals surface area contributed by atoms with Gasteiger partial charge in [0.2, 0.25) is 0 Å². The van der Waals surface area contributed by atoms with Crippen molar-refractivity contribution in [2.45, 2.75) is 19.8 Å². The second-order valence-electron chi connectivity index (χ2n) is 3.54. The Kier molecular flexibility index (Phi) is 4.31. The maximum Gasteiger partial charge on any atom is 0.000750 e. The number of thioether (sulfide) groups is 1. The van der Waals surface area contributed by atoms with Gasteiger partial charge in [-0.15, -0.1) is 0 Å². The van der Waals surface area contributed by atoms with E-state index in [-0.39, 0.29) is 0 Å². The van der Waals surface area contributed by atoms with E-state index in [2.05, 4.69) is 18.1 Å². The van der Waals surface area contributed by atoms with Gasteiger partial charge in [0, 0.05) is 6.54 Å². The maximum atomic E-state index is 2.60. The molecule has 0 aromatic rings. The van der Waals surface area contributed by atoms with Crippen molar-refractivity contribution in [1.29, 1.82) is 0 Å². The molecule has 1 nitrogen and oxygen atoms in total. The van der Waals surface area contributed by atoms with Crippen molar-refractivity contribution >= 4 is 11.8 Å². The molecular weight excluding hydrogens is 154 g/mol. The number of nitrogens with zero attached hydrogens (tertiary/aromatic N) is 1. The first-order valence-corrected chi connectivity index (χ1v) is 5.93. The molecule has 0 amide bonds. The zero-order chi connectivity index (χ0) is 8.10. The summed E-state index contributed by atoms with van der Waals surface area (Å²) in [4.78, 5) is 2.60. The van der Waals surface area contributed by atoms with Gasteiger partial charge in [0.05, 0.1) is 0 Å². The smallest absolute Gasteiger partial charge is 0.000750 e. The van der Waals surface area contributed by atoms with E-state index in [1.54, 1.807) is 0 Å². The van der Waals surface area contributed by atoms with Crippen LogP contribution in [0.1, 0.15) is 19.8 Å². The Hall–Kier alpha value is 0.310. The van der Waals surface area contributed by atoms with Crippen LogP contribution >= 0.6 is 11.8 Å². The van der Waals surface area contributed by atoms with E-state index in [4.69, 9.17) is 0 Å². The van der Waals surface area contributed by atoms with Crippen molar-refractivity contribution in [3.63, 3.8) is 0 Å². The molecule has 0 unspecified atom stereocenters. The minimum absolute atomic E-state index is 0.948. The van der Waals surface area contributed by atoms with Gasteiger partial charge < -0.3 is 4.90 Å². The third-order valence-corrected chi connectivity index (χ3v) is 3.03. The molecule has 0 bridgehead atoms. The minimum atomic E-state index is 0.948. The second kappa shape index (κ2) is 5.04. The fourth-order valence-corrected chi connectivity index (χ4v) is 2.08. The molecule has 1 saturated heterocycles. The SMILES string of the molecule is CSCCCN1CC[C@@H](C)C1. The van der Waals surface area contributed by atoms with Gasteiger partial charge in [-0.1, -0.05) is 6.92 Å². The van der Waals surface area contributed by atoms with Gasteiger partial charge in [-0.2, -0.15) is 11.8 Å². The van der Waals surface area contributed by atoms with Crippen LogP contribution in [0.5, 0.6) is 0 Å². The second-order valence-corrected chi connectivity index (χ2v) is 4.53. The number of likely N-dealkylation sites (tertiary alicyclic amines) is 1. The molecule has 0 saturated carbocycles. The van der Waals surface area contributed by atoms with Crippen LogP contribution < -0.4 is 0 Å². The Balaban J connectivity index is 1.99. The first-order valence-electron chi connectivity index (χ1n) is 4.54. The molecule has 2 heteroatoms. The fraction of sp³-hybridized carbons (Fsp3) is 1.00. The quantitative estimate of drug-likeness (QED) is 0.599. The van der Waals surface area contributed by atoms with Crippen LogP contribution in [-0.2, 0) is 0 Å². The predicted molar refractivity (Wildman–Crippen MR) is 53.2 cm³/mol. The summed E-state index contributed by atoms with van der Waals surface area (Å²) >= 11 is 1.96. The summed E-state index contributed by atoms with van der Waals surface area (Å²) in [7, 11) is 0. The minimum Gasteiger partial charge on any atom is -0.303 e. The standard InChI is InChI=1S/C9H19NS/c1-9-4-6-10(8-9)5-3-7-11-2/h9H,3-8H2,1-2H3/t9-/m1/s1. The number of hydrogen-bond acceptors (Lipinski definition) is 2. The zero-order valence-corrected chi connectivity index (χ0v) is 8.49. The van der Waals surface area contributed by atoms with Gasteiger partial charge >= 0.3 is 0 Å². The Morgan fingerprint density at radius 3 is 2.91 bits per heavy atom. The topological polar surface area (TPSA) is 3.24 Å². The van der Waals surface area contributed by atoms with Gasteiger partial charge in [0.15, 0.2) is 0 Å². The molecule has 0 aromatic carbocycles. The highest BCUT2D eigenvalue weighted by atomic mass is 32.2. The van der Waals surface area contributed by atoms with E-state index >= 15 is 0 Å². The van der Waals surface area contributed by atoms with E-state index < -0.39 is 0 Å². The van der Waals surface area contributed by atoms with Gasteiger partial charge in [-0.05, 0) is 43.9 Å². The highest BCUT2D eigenvalue weighted by Crippen LogP contribution is 2.15. The lowest BCUT2D eigenvalue weighted by molar-refractivity contribution is 0.330. The molecule has 1 fully saturated rings. The summed E-state index contributed by atoms with van der Waals surface area (Å²) in [6.45, 7) is 6.36. The molecule has 0 aromatic heterocycles. The Labute approximate surface area is 74.5 Å². The van der Waals surface area contributed by atoms with E-state index in [1.807, 2.05) is 11.8 Å². The third-order valence-electron chi connectivity index (χ3n) is 2.33. The van der Waals surface area contributed by atoms with Crippen molar-refractivity contribution in [3.8, 4) is 0 Å². The summed E-state index contributed by atoms with van der Waals surface area (Å²) in [5, 5.41) is 0. The highest BCUT2D eigenvalue weighted by Gasteiger charge is 2.17. The van der Waals surface area contributed by atoms with Crippen LogP contribution in [0, 0.1) is 5.92 Å². The molecule has 0 N–H and O–H groups in total. The van der Waals surface area contributed by atoms with Gasteiger partial charge in [0.25, 0.3) is 0 Å². The summed E-state index contributed by atoms with van der Waals surface area (Å²) in [5.41, 5.74) is 0. The van der Waals surface area contributed by atoms with Crippen LogP contribution in [-0.4, -0.2) is 36.5 Å². The van der Waals surface area contributed by atoms with Crippen LogP contribution in [0.15, 0.2) is 0 Å². The molecule has 1 aliphatic rings. The van der Waals surface area contributed by atoms with Crippen molar-refractivity contribution in [1.82, 2.24) is 4.90 Å². The molecule has 11 heavy (non-hydrogen) atoms. The van der Waals surface area contributed by atoms with Crippen molar-refractivity contribution < 1.29 is 0 Å². The summed E-state index contributed by atoms with van der Waals surface area (Å²) in [5.74, 6) is 2.27. The van der Waals surface area contributed by atoms with E-state index in [0.29, 0.717) is 0 Å². The van der Waals surface area contributed by atoms with Gasteiger partial charge in [0.1, 0.15) is 0 Å². The molecule has 1 rings (SSSR count). The molecule has 66 valence electrons. The monoisotopic (exact) mass is 173 g/mol. The average molecular weight is 173 g/mol. The first kappa shape index (κ1) is 9.40. The number of hydrogen-bond donors (Lipinski definition) is 0. The van der Waals surface area contributed by atoms with Crippen LogP contribution in [0.2, 0.25) is 0 Å². The van der Waals surface area contributed by atoms with Crippen molar-refractivity contribution in [2.75, 3.05) is 31.6 Å². The normalized spacial score (nSPS) is 26.2. The largest absolute Gasteiger partial charge is 0.303 e. The third kappa shape index (κ3) is 3.48. The maximum absolute atomic E-state index is 2.60. The van der Waals surface area contributed by atoms with Crippen LogP contribution in [0.4, 0.5) is 0 Å². The number of rotatable bonds is 4. The lowest BCUT2D eigenvalue weighted by Gasteiger charge is -2.13.